The minimum atomic E-state index is 0.0461. The fourth-order valence-electron chi connectivity index (χ4n) is 5.31. The van der Waals surface area contributed by atoms with Crippen molar-refractivity contribution < 1.29 is 14.3 Å². The van der Waals surface area contributed by atoms with E-state index in [4.69, 9.17) is 9.47 Å². The van der Waals surface area contributed by atoms with Gasteiger partial charge < -0.3 is 25.4 Å². The van der Waals surface area contributed by atoms with Gasteiger partial charge in [-0.15, -0.1) is 0 Å². The molecule has 2 aromatic rings. The normalized spacial score (nSPS) is 23.8. The molecule has 3 aliphatic rings. The van der Waals surface area contributed by atoms with E-state index in [2.05, 4.69) is 41.1 Å². The van der Waals surface area contributed by atoms with Gasteiger partial charge in [-0.1, -0.05) is 24.3 Å². The van der Waals surface area contributed by atoms with E-state index >= 15 is 0 Å². The molecule has 2 heterocycles. The zero-order chi connectivity index (χ0) is 21.9. The van der Waals surface area contributed by atoms with Gasteiger partial charge in [-0.2, -0.15) is 0 Å². The van der Waals surface area contributed by atoms with E-state index in [1.54, 1.807) is 0 Å². The van der Waals surface area contributed by atoms with Gasteiger partial charge in [0.25, 0.3) is 5.91 Å². The van der Waals surface area contributed by atoms with Crippen LogP contribution in [0.4, 0.5) is 0 Å². The van der Waals surface area contributed by atoms with E-state index in [1.807, 2.05) is 24.3 Å². The van der Waals surface area contributed by atoms with Crippen molar-refractivity contribution in [2.75, 3.05) is 19.9 Å². The molecule has 0 radical (unpaired) electrons. The van der Waals surface area contributed by atoms with Crippen LogP contribution in [0.1, 0.15) is 72.5 Å². The quantitative estimate of drug-likeness (QED) is 0.642. The number of hydrogen-bond acceptors (Lipinski definition) is 5. The van der Waals surface area contributed by atoms with Crippen molar-refractivity contribution >= 4 is 5.91 Å². The first-order valence-corrected chi connectivity index (χ1v) is 11.9. The Hall–Kier alpha value is -2.57. The Labute approximate surface area is 190 Å². The van der Waals surface area contributed by atoms with Crippen molar-refractivity contribution in [3.8, 4) is 11.5 Å². The smallest absolute Gasteiger partial charge is 0.251 e. The summed E-state index contributed by atoms with van der Waals surface area (Å²) < 4.78 is 11.2. The number of hydrogen-bond donors (Lipinski definition) is 3. The van der Waals surface area contributed by atoms with Gasteiger partial charge in [0.15, 0.2) is 11.5 Å². The Morgan fingerprint density at radius 3 is 2.62 bits per heavy atom. The maximum atomic E-state index is 12.6. The van der Waals surface area contributed by atoms with Crippen molar-refractivity contribution in [1.29, 1.82) is 0 Å². The molecular formula is C26H33N3O3. The molecular weight excluding hydrogens is 402 g/mol. The average Bonchev–Trinajstić information content (AvgIpc) is 3.49. The van der Waals surface area contributed by atoms with Crippen molar-refractivity contribution in [2.24, 2.45) is 0 Å². The van der Waals surface area contributed by atoms with Gasteiger partial charge in [0, 0.05) is 29.3 Å². The predicted molar refractivity (Wildman–Crippen MR) is 124 cm³/mol. The Balaban J connectivity index is 1.16. The lowest BCUT2D eigenvalue weighted by molar-refractivity contribution is 0.0929. The van der Waals surface area contributed by atoms with Crippen LogP contribution in [0, 0.1) is 0 Å². The Morgan fingerprint density at radius 2 is 1.81 bits per heavy atom. The number of benzene rings is 2. The highest BCUT2D eigenvalue weighted by molar-refractivity contribution is 5.94. The van der Waals surface area contributed by atoms with E-state index in [0.29, 0.717) is 18.8 Å². The summed E-state index contributed by atoms with van der Waals surface area (Å²) in [6, 6.07) is 15.3. The van der Waals surface area contributed by atoms with Crippen molar-refractivity contribution in [3.63, 3.8) is 0 Å². The topological polar surface area (TPSA) is 71.6 Å². The third-order valence-electron chi connectivity index (χ3n) is 7.13. The van der Waals surface area contributed by atoms with Gasteiger partial charge in [-0.05, 0) is 81.8 Å². The predicted octanol–water partition coefficient (Wildman–Crippen LogP) is 3.88. The van der Waals surface area contributed by atoms with E-state index in [1.165, 1.54) is 5.56 Å². The summed E-state index contributed by atoms with van der Waals surface area (Å²) in [4.78, 5) is 12.6. The molecule has 1 unspecified atom stereocenters. The van der Waals surface area contributed by atoms with E-state index in [-0.39, 0.29) is 18.0 Å². The van der Waals surface area contributed by atoms with Crippen LogP contribution in [0.25, 0.3) is 0 Å². The molecule has 3 N–H and O–H groups in total. The lowest BCUT2D eigenvalue weighted by Crippen LogP contribution is -2.42. The summed E-state index contributed by atoms with van der Waals surface area (Å²) in [7, 11) is 0. The van der Waals surface area contributed by atoms with Crippen LogP contribution in [0.2, 0.25) is 0 Å². The van der Waals surface area contributed by atoms with Gasteiger partial charge in [0.2, 0.25) is 6.79 Å². The monoisotopic (exact) mass is 435 g/mol. The third-order valence-corrected chi connectivity index (χ3v) is 7.13. The molecule has 2 fully saturated rings. The maximum Gasteiger partial charge on any atom is 0.251 e. The lowest BCUT2D eigenvalue weighted by atomic mass is 9.96. The molecule has 0 aromatic heterocycles. The highest BCUT2D eigenvalue weighted by Crippen LogP contribution is 2.40. The van der Waals surface area contributed by atoms with E-state index in [0.717, 1.165) is 67.8 Å². The van der Waals surface area contributed by atoms with Crippen LogP contribution in [0.3, 0.4) is 0 Å². The van der Waals surface area contributed by atoms with Crippen LogP contribution in [-0.2, 0) is 0 Å². The largest absolute Gasteiger partial charge is 0.454 e. The SMILES string of the molecule is C[C@@H](NC1CC[C@H](c2ccc(C(=O)NC3CCNCC3)cc2)C1)c1cccc2c1OCO2. The number of carbonyl (C=O) groups is 1. The molecule has 1 saturated heterocycles. The number of nitrogens with one attached hydrogen (secondary N) is 3. The maximum absolute atomic E-state index is 12.6. The van der Waals surface area contributed by atoms with Crippen molar-refractivity contribution in [2.45, 2.75) is 63.1 Å². The molecule has 6 nitrogen and oxygen atoms in total. The first kappa shape index (κ1) is 21.3. The fourth-order valence-corrected chi connectivity index (χ4v) is 5.31. The summed E-state index contributed by atoms with van der Waals surface area (Å²) in [5, 5.41) is 10.3. The Kier molecular flexibility index (Phi) is 6.32. The molecule has 2 aliphatic heterocycles. The first-order chi connectivity index (χ1) is 15.7. The number of amides is 1. The summed E-state index contributed by atoms with van der Waals surface area (Å²) in [5.74, 6) is 2.29. The Morgan fingerprint density at radius 1 is 1.00 bits per heavy atom. The molecule has 1 aliphatic carbocycles. The second-order valence-corrected chi connectivity index (χ2v) is 9.30. The minimum Gasteiger partial charge on any atom is -0.454 e. The molecule has 2 aromatic carbocycles. The average molecular weight is 436 g/mol. The van der Waals surface area contributed by atoms with Gasteiger partial charge in [-0.25, -0.2) is 0 Å². The zero-order valence-electron chi connectivity index (χ0n) is 18.7. The second-order valence-electron chi connectivity index (χ2n) is 9.30. The molecule has 6 heteroatoms. The molecule has 32 heavy (non-hydrogen) atoms. The summed E-state index contributed by atoms with van der Waals surface area (Å²) in [5.41, 5.74) is 3.25. The standard InChI is InChI=1S/C26H33N3O3/c1-17(23-3-2-4-24-25(23)32-16-31-24)28-22-10-9-20(15-22)18-5-7-19(8-6-18)26(30)29-21-11-13-27-14-12-21/h2-8,17,20-22,27-28H,9-16H2,1H3,(H,29,30)/t17-,20+,22?/m1/s1. The number of para-hydroxylation sites is 1. The van der Waals surface area contributed by atoms with Gasteiger partial charge in [0.1, 0.15) is 0 Å². The van der Waals surface area contributed by atoms with Crippen LogP contribution in [0.15, 0.2) is 42.5 Å². The van der Waals surface area contributed by atoms with Crippen molar-refractivity contribution in [3.05, 3.63) is 59.2 Å². The van der Waals surface area contributed by atoms with Crippen molar-refractivity contribution in [1.82, 2.24) is 16.0 Å². The first-order valence-electron chi connectivity index (χ1n) is 11.9. The lowest BCUT2D eigenvalue weighted by Gasteiger charge is -2.23. The molecule has 170 valence electrons. The van der Waals surface area contributed by atoms with Crippen LogP contribution >= 0.6 is 0 Å². The highest BCUT2D eigenvalue weighted by Gasteiger charge is 2.29. The summed E-state index contributed by atoms with van der Waals surface area (Å²) in [6.07, 6.45) is 5.43. The summed E-state index contributed by atoms with van der Waals surface area (Å²) in [6.45, 7) is 4.46. The van der Waals surface area contributed by atoms with Crippen LogP contribution in [-0.4, -0.2) is 37.9 Å². The zero-order valence-corrected chi connectivity index (χ0v) is 18.7. The molecule has 0 spiro atoms. The number of fused-ring (bicyclic) bond motifs is 1. The number of carbonyl (C=O) groups excluding carboxylic acids is 1. The van der Waals surface area contributed by atoms with E-state index < -0.39 is 0 Å². The highest BCUT2D eigenvalue weighted by atomic mass is 16.7. The van der Waals surface area contributed by atoms with Gasteiger partial charge in [-0.3, -0.25) is 4.79 Å². The molecule has 1 saturated carbocycles. The molecule has 3 atom stereocenters. The van der Waals surface area contributed by atoms with Gasteiger partial charge in [0.05, 0.1) is 0 Å². The third kappa shape index (κ3) is 4.62. The Bertz CT molecular complexity index is 940. The summed E-state index contributed by atoms with van der Waals surface area (Å²) >= 11 is 0. The van der Waals surface area contributed by atoms with Gasteiger partial charge >= 0.3 is 0 Å². The number of piperidine rings is 1. The molecule has 0 bridgehead atoms. The minimum absolute atomic E-state index is 0.0461. The molecule has 1 amide bonds. The second kappa shape index (κ2) is 9.51. The van der Waals surface area contributed by atoms with Crippen LogP contribution in [0.5, 0.6) is 11.5 Å². The number of ether oxygens (including phenoxy) is 2. The van der Waals surface area contributed by atoms with E-state index in [9.17, 15) is 4.79 Å². The van der Waals surface area contributed by atoms with Crippen LogP contribution < -0.4 is 25.4 Å². The fraction of sp³-hybridized carbons (Fsp3) is 0.500. The number of rotatable bonds is 6. The molecule has 5 rings (SSSR count).